The number of hydrogen-bond acceptors (Lipinski definition) is 4. The zero-order chi connectivity index (χ0) is 14.1. The molecule has 0 aliphatic carbocycles. The van der Waals surface area contributed by atoms with Crippen molar-refractivity contribution in [2.45, 2.75) is 0 Å². The Labute approximate surface area is 118 Å². The van der Waals surface area contributed by atoms with Gasteiger partial charge in [-0.05, 0) is 30.3 Å². The van der Waals surface area contributed by atoms with Gasteiger partial charge in [0, 0.05) is 16.8 Å². The zero-order valence-electron chi connectivity index (χ0n) is 10.2. The van der Waals surface area contributed by atoms with E-state index in [-0.39, 0.29) is 17.3 Å². The van der Waals surface area contributed by atoms with E-state index in [0.717, 1.165) is 0 Å². The van der Waals surface area contributed by atoms with E-state index in [9.17, 15) is 9.90 Å². The molecule has 0 fully saturated rings. The predicted octanol–water partition coefficient (Wildman–Crippen LogP) is 3.03. The van der Waals surface area contributed by atoms with Crippen molar-refractivity contribution in [3.63, 3.8) is 0 Å². The molecule has 0 aliphatic heterocycles. The number of nitrogens with zero attached hydrogens (tertiary/aromatic N) is 1. The number of aromatic amines is 1. The number of hydrogen-bond donors (Lipinski definition) is 3. The molecule has 1 heterocycles. The number of rotatable bonds is 2. The first-order valence-electron chi connectivity index (χ1n) is 5.87. The fourth-order valence-electron chi connectivity index (χ4n) is 1.89. The number of fused-ring (bicyclic) bond motifs is 1. The predicted molar refractivity (Wildman–Crippen MR) is 78.8 cm³/mol. The van der Waals surface area contributed by atoms with Crippen LogP contribution in [-0.2, 0) is 0 Å². The Morgan fingerprint density at radius 3 is 2.85 bits per heavy atom. The molecule has 0 amide bonds. The minimum absolute atomic E-state index is 0.126. The average Bonchev–Trinajstić information content (AvgIpc) is 2.38. The standard InChI is InChI=1S/C14H10ClN3O2/c15-8-4-5-11-12(6-8)17-14(18-13(11)20)16-9-2-1-3-10(19)7-9/h1-7,19H,(H2,16,17,18,20). The van der Waals surface area contributed by atoms with E-state index >= 15 is 0 Å². The number of phenolic OH excluding ortho intramolecular Hbond substituents is 1. The molecule has 0 atom stereocenters. The molecule has 0 radical (unpaired) electrons. The van der Waals surface area contributed by atoms with Gasteiger partial charge in [0.1, 0.15) is 5.75 Å². The molecule has 3 N–H and O–H groups in total. The number of H-pyrrole nitrogens is 1. The van der Waals surface area contributed by atoms with E-state index in [1.54, 1.807) is 36.4 Å². The summed E-state index contributed by atoms with van der Waals surface area (Å²) in [6, 6.07) is 11.4. The van der Waals surface area contributed by atoms with Crippen LogP contribution >= 0.6 is 11.6 Å². The van der Waals surface area contributed by atoms with Crippen LogP contribution < -0.4 is 10.9 Å². The Balaban J connectivity index is 2.06. The molecule has 0 saturated heterocycles. The van der Waals surface area contributed by atoms with Gasteiger partial charge in [0.15, 0.2) is 0 Å². The van der Waals surface area contributed by atoms with E-state index in [1.807, 2.05) is 0 Å². The smallest absolute Gasteiger partial charge is 0.260 e. The molecule has 0 bridgehead atoms. The van der Waals surface area contributed by atoms with Gasteiger partial charge in [-0.15, -0.1) is 0 Å². The summed E-state index contributed by atoms with van der Waals surface area (Å²) in [7, 11) is 0. The van der Waals surface area contributed by atoms with Crippen LogP contribution in [0.1, 0.15) is 0 Å². The normalized spacial score (nSPS) is 10.7. The molecule has 20 heavy (non-hydrogen) atoms. The minimum Gasteiger partial charge on any atom is -0.508 e. The lowest BCUT2D eigenvalue weighted by molar-refractivity contribution is 0.475. The van der Waals surface area contributed by atoms with Crippen molar-refractivity contribution in [3.8, 4) is 5.75 Å². The van der Waals surface area contributed by atoms with Crippen LogP contribution in [0.3, 0.4) is 0 Å². The summed E-state index contributed by atoms with van der Waals surface area (Å²) in [6.45, 7) is 0. The summed E-state index contributed by atoms with van der Waals surface area (Å²) in [5.41, 5.74) is 0.868. The Kier molecular flexibility index (Phi) is 3.04. The quantitative estimate of drug-likeness (QED) is 0.677. The highest BCUT2D eigenvalue weighted by molar-refractivity contribution is 6.31. The highest BCUT2D eigenvalue weighted by atomic mass is 35.5. The molecule has 3 aromatic rings. The van der Waals surface area contributed by atoms with Crippen LogP contribution in [0.5, 0.6) is 5.75 Å². The van der Waals surface area contributed by atoms with Crippen molar-refractivity contribution < 1.29 is 5.11 Å². The van der Waals surface area contributed by atoms with Crippen molar-refractivity contribution in [2.24, 2.45) is 0 Å². The minimum atomic E-state index is -0.255. The second-order valence-electron chi connectivity index (χ2n) is 4.25. The van der Waals surface area contributed by atoms with Gasteiger partial charge in [-0.3, -0.25) is 9.78 Å². The highest BCUT2D eigenvalue weighted by Gasteiger charge is 2.05. The van der Waals surface area contributed by atoms with Crippen molar-refractivity contribution in [1.82, 2.24) is 9.97 Å². The van der Waals surface area contributed by atoms with Crippen LogP contribution in [-0.4, -0.2) is 15.1 Å². The second kappa shape index (κ2) is 4.86. The fourth-order valence-corrected chi connectivity index (χ4v) is 2.06. The first-order valence-corrected chi connectivity index (χ1v) is 6.25. The Bertz CT molecular complexity index is 845. The SMILES string of the molecule is O=c1[nH]c(Nc2cccc(O)c2)nc2cc(Cl)ccc12. The van der Waals surface area contributed by atoms with Gasteiger partial charge in [0.05, 0.1) is 10.9 Å². The Hall–Kier alpha value is -2.53. The molecular weight excluding hydrogens is 278 g/mol. The summed E-state index contributed by atoms with van der Waals surface area (Å²) in [4.78, 5) is 18.9. The molecule has 3 rings (SSSR count). The topological polar surface area (TPSA) is 78.0 Å². The Morgan fingerprint density at radius 1 is 1.20 bits per heavy atom. The van der Waals surface area contributed by atoms with E-state index < -0.39 is 0 Å². The maximum absolute atomic E-state index is 11.9. The summed E-state index contributed by atoms with van der Waals surface area (Å²) < 4.78 is 0. The van der Waals surface area contributed by atoms with Gasteiger partial charge in [0.2, 0.25) is 5.95 Å². The number of anilines is 2. The summed E-state index contributed by atoms with van der Waals surface area (Å²) in [5, 5.41) is 13.3. The number of benzene rings is 2. The van der Waals surface area contributed by atoms with Crippen LogP contribution in [0, 0.1) is 0 Å². The van der Waals surface area contributed by atoms with Gasteiger partial charge in [-0.25, -0.2) is 4.98 Å². The first-order chi connectivity index (χ1) is 9.61. The lowest BCUT2D eigenvalue weighted by Crippen LogP contribution is -2.11. The number of aromatic nitrogens is 2. The van der Waals surface area contributed by atoms with E-state index in [0.29, 0.717) is 21.6 Å². The maximum Gasteiger partial charge on any atom is 0.260 e. The van der Waals surface area contributed by atoms with Gasteiger partial charge >= 0.3 is 0 Å². The van der Waals surface area contributed by atoms with Crippen LogP contribution in [0.25, 0.3) is 10.9 Å². The monoisotopic (exact) mass is 287 g/mol. The van der Waals surface area contributed by atoms with Crippen molar-refractivity contribution in [1.29, 1.82) is 0 Å². The van der Waals surface area contributed by atoms with E-state index in [2.05, 4.69) is 15.3 Å². The van der Waals surface area contributed by atoms with E-state index in [4.69, 9.17) is 11.6 Å². The van der Waals surface area contributed by atoms with Crippen molar-refractivity contribution in [2.75, 3.05) is 5.32 Å². The van der Waals surface area contributed by atoms with Gasteiger partial charge < -0.3 is 10.4 Å². The van der Waals surface area contributed by atoms with Crippen LogP contribution in [0.2, 0.25) is 5.02 Å². The highest BCUT2D eigenvalue weighted by Crippen LogP contribution is 2.20. The molecule has 5 nitrogen and oxygen atoms in total. The number of halogens is 1. The molecule has 100 valence electrons. The molecular formula is C14H10ClN3O2. The molecule has 1 aromatic heterocycles. The third-order valence-corrected chi connectivity index (χ3v) is 3.01. The third kappa shape index (κ3) is 2.44. The molecule has 0 unspecified atom stereocenters. The largest absolute Gasteiger partial charge is 0.508 e. The van der Waals surface area contributed by atoms with E-state index in [1.165, 1.54) is 6.07 Å². The Morgan fingerprint density at radius 2 is 2.05 bits per heavy atom. The number of aromatic hydroxyl groups is 1. The zero-order valence-corrected chi connectivity index (χ0v) is 11.0. The molecule has 0 spiro atoms. The van der Waals surface area contributed by atoms with Crippen LogP contribution in [0.15, 0.2) is 47.3 Å². The lowest BCUT2D eigenvalue weighted by Gasteiger charge is -2.06. The summed E-state index contributed by atoms with van der Waals surface area (Å²) in [6.07, 6.45) is 0. The summed E-state index contributed by atoms with van der Waals surface area (Å²) in [5.74, 6) is 0.413. The van der Waals surface area contributed by atoms with Crippen molar-refractivity contribution in [3.05, 3.63) is 57.8 Å². The van der Waals surface area contributed by atoms with Gasteiger partial charge in [0.25, 0.3) is 5.56 Å². The molecule has 6 heteroatoms. The summed E-state index contributed by atoms with van der Waals surface area (Å²) >= 11 is 5.90. The lowest BCUT2D eigenvalue weighted by atomic mass is 10.2. The first kappa shape index (κ1) is 12.5. The molecule has 0 aliphatic rings. The van der Waals surface area contributed by atoms with Gasteiger partial charge in [-0.2, -0.15) is 0 Å². The number of nitrogens with one attached hydrogen (secondary N) is 2. The maximum atomic E-state index is 11.9. The third-order valence-electron chi connectivity index (χ3n) is 2.78. The van der Waals surface area contributed by atoms with Gasteiger partial charge in [-0.1, -0.05) is 17.7 Å². The van der Waals surface area contributed by atoms with Crippen molar-refractivity contribution >= 4 is 34.1 Å². The molecule has 2 aromatic carbocycles. The number of phenols is 1. The van der Waals surface area contributed by atoms with Crippen LogP contribution in [0.4, 0.5) is 11.6 Å². The average molecular weight is 288 g/mol. The second-order valence-corrected chi connectivity index (χ2v) is 4.69. The molecule has 0 saturated carbocycles. The fraction of sp³-hybridized carbons (Fsp3) is 0.